The zero-order valence-corrected chi connectivity index (χ0v) is 20.1. The maximum atomic E-state index is 12.8. The Morgan fingerprint density at radius 1 is 1.03 bits per heavy atom. The Labute approximate surface area is 191 Å². The van der Waals surface area contributed by atoms with Crippen molar-refractivity contribution in [2.24, 2.45) is 5.92 Å². The van der Waals surface area contributed by atoms with Crippen molar-refractivity contribution in [3.05, 3.63) is 47.3 Å². The van der Waals surface area contributed by atoms with Crippen LogP contribution in [0.4, 0.5) is 5.69 Å². The van der Waals surface area contributed by atoms with E-state index in [0.29, 0.717) is 23.3 Å². The van der Waals surface area contributed by atoms with Crippen LogP contribution >= 0.6 is 11.3 Å². The van der Waals surface area contributed by atoms with E-state index < -0.39 is 10.0 Å². The minimum absolute atomic E-state index is 0.442. The predicted molar refractivity (Wildman–Crippen MR) is 129 cm³/mol. The first kappa shape index (κ1) is 22.8. The Kier molecular flexibility index (Phi) is 7.69. The van der Waals surface area contributed by atoms with E-state index in [1.165, 1.54) is 61.1 Å². The fourth-order valence-electron chi connectivity index (χ4n) is 4.97. The molecule has 1 aromatic heterocycles. The highest BCUT2D eigenvalue weighted by atomic mass is 32.2. The molecule has 2 aromatic rings. The van der Waals surface area contributed by atoms with Gasteiger partial charge in [-0.1, -0.05) is 56.4 Å². The summed E-state index contributed by atoms with van der Waals surface area (Å²) in [6.45, 7) is 5.67. The average molecular weight is 462 g/mol. The molecule has 0 spiro atoms. The SMILES string of the molecule is CC(CC1CCCCC1)NCc1ccccc1N1CCN(S(=O)(=O)c2cccs2)CC1. The van der Waals surface area contributed by atoms with Gasteiger partial charge in [0.25, 0.3) is 10.0 Å². The Morgan fingerprint density at radius 3 is 2.48 bits per heavy atom. The Hall–Kier alpha value is -1.41. The van der Waals surface area contributed by atoms with Gasteiger partial charge in [0.05, 0.1) is 0 Å². The van der Waals surface area contributed by atoms with E-state index in [-0.39, 0.29) is 0 Å². The molecule has 2 aliphatic rings. The van der Waals surface area contributed by atoms with E-state index in [4.69, 9.17) is 0 Å². The van der Waals surface area contributed by atoms with E-state index in [1.54, 1.807) is 16.4 Å². The molecule has 1 unspecified atom stereocenters. The van der Waals surface area contributed by atoms with Crippen molar-refractivity contribution in [1.29, 1.82) is 0 Å². The van der Waals surface area contributed by atoms with Crippen LogP contribution in [-0.2, 0) is 16.6 Å². The number of nitrogens with one attached hydrogen (secondary N) is 1. The average Bonchev–Trinajstić information content (AvgIpc) is 3.35. The molecule has 2 fully saturated rings. The van der Waals surface area contributed by atoms with Gasteiger partial charge in [-0.2, -0.15) is 4.31 Å². The third-order valence-electron chi connectivity index (χ3n) is 6.71. The van der Waals surface area contributed by atoms with Gasteiger partial charge in [0, 0.05) is 44.5 Å². The molecule has 31 heavy (non-hydrogen) atoms. The van der Waals surface area contributed by atoms with Gasteiger partial charge >= 0.3 is 0 Å². The van der Waals surface area contributed by atoms with Crippen LogP contribution in [0.15, 0.2) is 46.0 Å². The first-order valence-corrected chi connectivity index (χ1v) is 14.0. The Morgan fingerprint density at radius 2 is 1.77 bits per heavy atom. The lowest BCUT2D eigenvalue weighted by Crippen LogP contribution is -2.48. The lowest BCUT2D eigenvalue weighted by atomic mass is 9.85. The summed E-state index contributed by atoms with van der Waals surface area (Å²) in [5.41, 5.74) is 2.53. The molecule has 1 aliphatic heterocycles. The Bertz CT molecular complexity index is 916. The van der Waals surface area contributed by atoms with Crippen molar-refractivity contribution in [2.75, 3.05) is 31.1 Å². The van der Waals surface area contributed by atoms with E-state index in [1.807, 2.05) is 5.38 Å². The fraction of sp³-hybridized carbons (Fsp3) is 0.583. The molecule has 1 saturated carbocycles. The number of hydrogen-bond donors (Lipinski definition) is 1. The van der Waals surface area contributed by atoms with E-state index in [2.05, 4.69) is 41.4 Å². The molecule has 5 nitrogen and oxygen atoms in total. The molecule has 170 valence electrons. The van der Waals surface area contributed by atoms with Gasteiger partial charge in [-0.3, -0.25) is 0 Å². The minimum atomic E-state index is -3.36. The zero-order chi connectivity index (χ0) is 21.7. The standard InChI is InChI=1S/C24H35N3O2S2/c1-20(18-21-8-3-2-4-9-21)25-19-22-10-5-6-11-23(22)26-13-15-27(16-14-26)31(28,29)24-12-7-17-30-24/h5-7,10-12,17,20-21,25H,2-4,8-9,13-16,18-19H2,1H3. The highest BCUT2D eigenvalue weighted by molar-refractivity contribution is 7.91. The number of piperazine rings is 1. The summed E-state index contributed by atoms with van der Waals surface area (Å²) in [6, 6.07) is 12.6. The second kappa shape index (κ2) is 10.5. The third kappa shape index (κ3) is 5.69. The zero-order valence-electron chi connectivity index (χ0n) is 18.5. The molecular weight excluding hydrogens is 426 g/mol. The maximum absolute atomic E-state index is 12.8. The number of para-hydroxylation sites is 1. The van der Waals surface area contributed by atoms with Crippen molar-refractivity contribution >= 4 is 27.0 Å². The normalized spacial score (nSPS) is 20.1. The van der Waals surface area contributed by atoms with Crippen molar-refractivity contribution < 1.29 is 8.42 Å². The number of anilines is 1. The van der Waals surface area contributed by atoms with Crippen LogP contribution in [0.1, 0.15) is 51.0 Å². The maximum Gasteiger partial charge on any atom is 0.252 e. The molecule has 1 aromatic carbocycles. The monoisotopic (exact) mass is 461 g/mol. The molecule has 1 aliphatic carbocycles. The number of nitrogens with zero attached hydrogens (tertiary/aromatic N) is 2. The fourth-order valence-corrected chi connectivity index (χ4v) is 7.53. The van der Waals surface area contributed by atoms with Crippen molar-refractivity contribution in [3.8, 4) is 0 Å². The lowest BCUT2D eigenvalue weighted by molar-refractivity contribution is 0.304. The molecule has 0 radical (unpaired) electrons. The van der Waals surface area contributed by atoms with Crippen LogP contribution in [0.3, 0.4) is 0 Å². The molecule has 1 atom stereocenters. The summed E-state index contributed by atoms with van der Waals surface area (Å²) < 4.78 is 27.7. The first-order valence-electron chi connectivity index (χ1n) is 11.6. The third-order valence-corrected chi connectivity index (χ3v) is 9.98. The number of benzene rings is 1. The second-order valence-corrected chi connectivity index (χ2v) is 12.1. The molecule has 2 heterocycles. The van der Waals surface area contributed by atoms with Crippen LogP contribution in [0, 0.1) is 5.92 Å². The van der Waals surface area contributed by atoms with Gasteiger partial charge in [-0.05, 0) is 42.3 Å². The van der Waals surface area contributed by atoms with Gasteiger partial charge in [0.15, 0.2) is 0 Å². The molecule has 7 heteroatoms. The molecule has 1 saturated heterocycles. The largest absolute Gasteiger partial charge is 0.369 e. The smallest absolute Gasteiger partial charge is 0.252 e. The molecule has 1 N–H and O–H groups in total. The number of thiophene rings is 1. The summed E-state index contributed by atoms with van der Waals surface area (Å²) in [4.78, 5) is 2.34. The number of sulfonamides is 1. The summed E-state index contributed by atoms with van der Waals surface area (Å²) in [6.07, 6.45) is 8.25. The summed E-state index contributed by atoms with van der Waals surface area (Å²) >= 11 is 1.29. The first-order chi connectivity index (χ1) is 15.0. The van der Waals surface area contributed by atoms with E-state index in [0.717, 1.165) is 25.6 Å². The summed E-state index contributed by atoms with van der Waals surface area (Å²) in [5, 5.41) is 5.57. The van der Waals surface area contributed by atoms with Gasteiger partial charge in [-0.25, -0.2) is 8.42 Å². The molecule has 0 amide bonds. The predicted octanol–water partition coefficient (Wildman–Crippen LogP) is 4.71. The highest BCUT2D eigenvalue weighted by Crippen LogP contribution is 2.28. The van der Waals surface area contributed by atoms with Crippen molar-refractivity contribution in [2.45, 2.75) is 62.2 Å². The van der Waals surface area contributed by atoms with Gasteiger partial charge in [0.2, 0.25) is 0 Å². The molecular formula is C24H35N3O2S2. The van der Waals surface area contributed by atoms with E-state index in [9.17, 15) is 8.42 Å². The van der Waals surface area contributed by atoms with Crippen molar-refractivity contribution in [3.63, 3.8) is 0 Å². The highest BCUT2D eigenvalue weighted by Gasteiger charge is 2.29. The van der Waals surface area contributed by atoms with Crippen LogP contribution in [0.2, 0.25) is 0 Å². The van der Waals surface area contributed by atoms with Crippen LogP contribution in [0.5, 0.6) is 0 Å². The van der Waals surface area contributed by atoms with Crippen LogP contribution in [-0.4, -0.2) is 44.9 Å². The second-order valence-electron chi connectivity index (χ2n) is 8.97. The Balaban J connectivity index is 1.33. The van der Waals surface area contributed by atoms with Gasteiger partial charge in [0.1, 0.15) is 4.21 Å². The minimum Gasteiger partial charge on any atom is -0.369 e. The molecule has 0 bridgehead atoms. The number of hydrogen-bond acceptors (Lipinski definition) is 5. The van der Waals surface area contributed by atoms with Crippen LogP contribution < -0.4 is 10.2 Å². The quantitative estimate of drug-likeness (QED) is 0.619. The molecule has 4 rings (SSSR count). The topological polar surface area (TPSA) is 52.6 Å². The van der Waals surface area contributed by atoms with Gasteiger partial charge < -0.3 is 10.2 Å². The van der Waals surface area contributed by atoms with Crippen molar-refractivity contribution in [1.82, 2.24) is 9.62 Å². The van der Waals surface area contributed by atoms with E-state index >= 15 is 0 Å². The van der Waals surface area contributed by atoms with Gasteiger partial charge in [-0.15, -0.1) is 11.3 Å². The summed E-state index contributed by atoms with van der Waals surface area (Å²) in [5.74, 6) is 0.880. The number of rotatable bonds is 8. The lowest BCUT2D eigenvalue weighted by Gasteiger charge is -2.36. The summed E-state index contributed by atoms with van der Waals surface area (Å²) in [7, 11) is -3.36. The van der Waals surface area contributed by atoms with Crippen LogP contribution in [0.25, 0.3) is 0 Å².